The molecular weight excluding hydrogens is 228 g/mol. The molecule has 1 N–H and O–H groups in total. The predicted octanol–water partition coefficient (Wildman–Crippen LogP) is 1.02. The number of aromatic nitrogens is 1. The molecule has 1 fully saturated rings. The van der Waals surface area contributed by atoms with E-state index in [-0.39, 0.29) is 5.91 Å². The Balaban J connectivity index is 1.72. The van der Waals surface area contributed by atoms with E-state index < -0.39 is 0 Å². The summed E-state index contributed by atoms with van der Waals surface area (Å²) in [5, 5.41) is 3.92. The molecule has 2 heterocycles. The molecule has 0 unspecified atom stereocenters. The molecule has 1 aromatic heterocycles. The molecule has 5 nitrogen and oxygen atoms in total. The minimum atomic E-state index is -0.0583. The zero-order chi connectivity index (χ0) is 12.6. The van der Waals surface area contributed by atoms with Crippen LogP contribution in [0, 0.1) is 0 Å². The molecule has 2 rings (SSSR count). The molecule has 0 spiro atoms. The number of hydrogen-bond acceptors (Lipinski definition) is 4. The summed E-state index contributed by atoms with van der Waals surface area (Å²) < 4.78 is 0. The van der Waals surface area contributed by atoms with Gasteiger partial charge < -0.3 is 0 Å². The summed E-state index contributed by atoms with van der Waals surface area (Å²) in [5.74, 6) is -0.0583. The lowest BCUT2D eigenvalue weighted by Crippen LogP contribution is -2.38. The first-order chi connectivity index (χ1) is 8.84. The van der Waals surface area contributed by atoms with Gasteiger partial charge in [0.05, 0.1) is 12.8 Å². The number of carbonyl (C=O) groups is 1. The minimum Gasteiger partial charge on any atom is -0.294 e. The highest BCUT2D eigenvalue weighted by molar-refractivity contribution is 5.82. The van der Waals surface area contributed by atoms with Gasteiger partial charge in [-0.2, -0.15) is 5.10 Å². The zero-order valence-electron chi connectivity index (χ0n) is 10.4. The average molecular weight is 246 g/mol. The van der Waals surface area contributed by atoms with Crippen LogP contribution >= 0.6 is 0 Å². The van der Waals surface area contributed by atoms with Gasteiger partial charge >= 0.3 is 0 Å². The molecule has 1 aliphatic heterocycles. The van der Waals surface area contributed by atoms with Gasteiger partial charge in [-0.05, 0) is 32.0 Å². The Bertz CT molecular complexity index is 399. The molecule has 0 aliphatic carbocycles. The van der Waals surface area contributed by atoms with Crippen LogP contribution in [0.25, 0.3) is 0 Å². The van der Waals surface area contributed by atoms with E-state index in [0.717, 1.165) is 18.7 Å². The Labute approximate surface area is 107 Å². The number of nitrogens with zero attached hydrogens (tertiary/aromatic N) is 3. The number of likely N-dealkylation sites (tertiary alicyclic amines) is 1. The van der Waals surface area contributed by atoms with Crippen molar-refractivity contribution in [2.24, 2.45) is 5.10 Å². The highest BCUT2D eigenvalue weighted by Crippen LogP contribution is 2.07. The topological polar surface area (TPSA) is 57.6 Å². The maximum atomic E-state index is 11.6. The van der Waals surface area contributed by atoms with Crippen molar-refractivity contribution in [1.29, 1.82) is 0 Å². The third-order valence-electron chi connectivity index (χ3n) is 2.90. The van der Waals surface area contributed by atoms with E-state index in [1.165, 1.54) is 19.3 Å². The Morgan fingerprint density at radius 2 is 2.28 bits per heavy atom. The second-order valence-electron chi connectivity index (χ2n) is 4.42. The van der Waals surface area contributed by atoms with Crippen molar-refractivity contribution in [1.82, 2.24) is 15.3 Å². The van der Waals surface area contributed by atoms with Crippen LogP contribution in [0.1, 0.15) is 24.8 Å². The van der Waals surface area contributed by atoms with Gasteiger partial charge in [-0.3, -0.25) is 14.7 Å². The van der Waals surface area contributed by atoms with Gasteiger partial charge in [-0.25, -0.2) is 5.43 Å². The summed E-state index contributed by atoms with van der Waals surface area (Å²) in [7, 11) is 0. The molecule has 0 bridgehead atoms. The van der Waals surface area contributed by atoms with Gasteiger partial charge in [0, 0.05) is 18.0 Å². The van der Waals surface area contributed by atoms with Gasteiger partial charge in [0.15, 0.2) is 0 Å². The number of amides is 1. The van der Waals surface area contributed by atoms with Crippen LogP contribution in [0.3, 0.4) is 0 Å². The van der Waals surface area contributed by atoms with Gasteiger partial charge in [0.2, 0.25) is 0 Å². The maximum absolute atomic E-state index is 11.6. The molecule has 0 atom stereocenters. The van der Waals surface area contributed by atoms with E-state index in [9.17, 15) is 4.79 Å². The van der Waals surface area contributed by atoms with Crippen molar-refractivity contribution in [2.75, 3.05) is 19.6 Å². The normalized spacial score (nSPS) is 16.9. The molecule has 96 valence electrons. The maximum Gasteiger partial charge on any atom is 0.254 e. The Morgan fingerprint density at radius 3 is 3.00 bits per heavy atom. The summed E-state index contributed by atoms with van der Waals surface area (Å²) in [6.45, 7) is 2.46. The van der Waals surface area contributed by atoms with Crippen LogP contribution in [0.5, 0.6) is 0 Å². The average Bonchev–Trinajstić information content (AvgIpc) is 2.41. The SMILES string of the molecule is O=C(CN1CCCCC1)N/N=C\c1cccnc1. The quantitative estimate of drug-likeness (QED) is 0.637. The Morgan fingerprint density at radius 1 is 1.44 bits per heavy atom. The number of carbonyl (C=O) groups excluding carboxylic acids is 1. The lowest BCUT2D eigenvalue weighted by Gasteiger charge is -2.25. The van der Waals surface area contributed by atoms with E-state index in [0.29, 0.717) is 6.54 Å². The van der Waals surface area contributed by atoms with Crippen molar-refractivity contribution >= 4 is 12.1 Å². The van der Waals surface area contributed by atoms with E-state index in [4.69, 9.17) is 0 Å². The molecule has 1 aromatic rings. The zero-order valence-corrected chi connectivity index (χ0v) is 10.4. The van der Waals surface area contributed by atoms with E-state index in [1.54, 1.807) is 18.6 Å². The summed E-state index contributed by atoms with van der Waals surface area (Å²) in [6, 6.07) is 3.71. The van der Waals surface area contributed by atoms with Crippen LogP contribution in [0.4, 0.5) is 0 Å². The first-order valence-electron chi connectivity index (χ1n) is 6.29. The van der Waals surface area contributed by atoms with Crippen LogP contribution in [-0.2, 0) is 4.79 Å². The number of rotatable bonds is 4. The smallest absolute Gasteiger partial charge is 0.254 e. The molecule has 18 heavy (non-hydrogen) atoms. The Hall–Kier alpha value is -1.75. The van der Waals surface area contributed by atoms with Crippen molar-refractivity contribution < 1.29 is 4.79 Å². The highest BCUT2D eigenvalue weighted by atomic mass is 16.2. The van der Waals surface area contributed by atoms with Gasteiger partial charge in [-0.15, -0.1) is 0 Å². The summed E-state index contributed by atoms with van der Waals surface area (Å²) in [4.78, 5) is 17.7. The van der Waals surface area contributed by atoms with Crippen LogP contribution in [0.15, 0.2) is 29.6 Å². The summed E-state index contributed by atoms with van der Waals surface area (Å²) in [6.07, 6.45) is 8.64. The molecule has 1 aliphatic rings. The number of piperidine rings is 1. The molecule has 0 radical (unpaired) electrons. The van der Waals surface area contributed by atoms with Gasteiger partial charge in [-0.1, -0.05) is 12.5 Å². The van der Waals surface area contributed by atoms with Crippen LogP contribution in [0.2, 0.25) is 0 Å². The molecule has 0 aromatic carbocycles. The number of nitrogens with one attached hydrogen (secondary N) is 1. The number of hydrazone groups is 1. The lowest BCUT2D eigenvalue weighted by atomic mass is 10.1. The van der Waals surface area contributed by atoms with Crippen molar-refractivity contribution in [3.05, 3.63) is 30.1 Å². The fourth-order valence-electron chi connectivity index (χ4n) is 1.99. The second kappa shape index (κ2) is 6.86. The van der Waals surface area contributed by atoms with E-state index in [1.807, 2.05) is 12.1 Å². The second-order valence-corrected chi connectivity index (χ2v) is 4.42. The van der Waals surface area contributed by atoms with Crippen molar-refractivity contribution in [3.63, 3.8) is 0 Å². The van der Waals surface area contributed by atoms with E-state index in [2.05, 4.69) is 20.4 Å². The lowest BCUT2D eigenvalue weighted by molar-refractivity contribution is -0.122. The molecule has 1 amide bonds. The highest BCUT2D eigenvalue weighted by Gasteiger charge is 2.12. The monoisotopic (exact) mass is 246 g/mol. The predicted molar refractivity (Wildman–Crippen MR) is 70.3 cm³/mol. The minimum absolute atomic E-state index is 0.0583. The number of pyridine rings is 1. The molecule has 1 saturated heterocycles. The van der Waals surface area contributed by atoms with Crippen molar-refractivity contribution in [3.8, 4) is 0 Å². The van der Waals surface area contributed by atoms with Gasteiger partial charge in [0.1, 0.15) is 0 Å². The first kappa shape index (κ1) is 12.7. The third kappa shape index (κ3) is 4.25. The van der Waals surface area contributed by atoms with Crippen LogP contribution < -0.4 is 5.43 Å². The number of hydrogen-bond donors (Lipinski definition) is 1. The standard InChI is InChI=1S/C13H18N4O/c18-13(11-17-7-2-1-3-8-17)16-15-10-12-5-4-6-14-9-12/h4-6,9-10H,1-3,7-8,11H2,(H,16,18)/b15-10-. The summed E-state index contributed by atoms with van der Waals surface area (Å²) >= 11 is 0. The van der Waals surface area contributed by atoms with E-state index >= 15 is 0 Å². The fraction of sp³-hybridized carbons (Fsp3) is 0.462. The van der Waals surface area contributed by atoms with Crippen LogP contribution in [-0.4, -0.2) is 41.6 Å². The van der Waals surface area contributed by atoms with Crippen molar-refractivity contribution in [2.45, 2.75) is 19.3 Å². The molecule has 0 saturated carbocycles. The molecule has 5 heteroatoms. The van der Waals surface area contributed by atoms with Gasteiger partial charge in [0.25, 0.3) is 5.91 Å². The fourth-order valence-corrected chi connectivity index (χ4v) is 1.99. The third-order valence-corrected chi connectivity index (χ3v) is 2.90. The Kier molecular flexibility index (Phi) is 4.84. The first-order valence-corrected chi connectivity index (χ1v) is 6.29. The largest absolute Gasteiger partial charge is 0.294 e. The molecular formula is C13H18N4O. The summed E-state index contributed by atoms with van der Waals surface area (Å²) in [5.41, 5.74) is 3.41.